The van der Waals surface area contributed by atoms with Gasteiger partial charge in [0.05, 0.1) is 12.7 Å². The molecule has 0 fully saturated rings. The molecule has 0 saturated carbocycles. The van der Waals surface area contributed by atoms with Crippen LogP contribution in [0.25, 0.3) is 0 Å². The Labute approximate surface area is 108 Å². The summed E-state index contributed by atoms with van der Waals surface area (Å²) in [5.41, 5.74) is 1.18. The molecule has 0 bridgehead atoms. The molecule has 2 atom stereocenters. The van der Waals surface area contributed by atoms with Gasteiger partial charge in [-0.05, 0) is 31.9 Å². The summed E-state index contributed by atoms with van der Waals surface area (Å²) in [4.78, 5) is 0. The molecule has 0 aliphatic carbocycles. The van der Waals surface area contributed by atoms with Gasteiger partial charge in [0.15, 0.2) is 0 Å². The van der Waals surface area contributed by atoms with E-state index in [0.717, 1.165) is 12.2 Å². The van der Waals surface area contributed by atoms with Gasteiger partial charge < -0.3 is 14.2 Å². The van der Waals surface area contributed by atoms with Crippen LogP contribution >= 0.6 is 0 Å². The molecular weight excluding hydrogens is 228 g/mol. The van der Waals surface area contributed by atoms with Gasteiger partial charge in [0, 0.05) is 6.61 Å². The summed E-state index contributed by atoms with van der Waals surface area (Å²) in [5.74, 6) is 0.798. The number of hydrogen-bond donors (Lipinski definition) is 0. The lowest BCUT2D eigenvalue weighted by atomic mass is 10.0. The van der Waals surface area contributed by atoms with Gasteiger partial charge in [0.1, 0.15) is 5.76 Å². The molecule has 3 heteroatoms. The lowest BCUT2D eigenvalue weighted by Gasteiger charge is -2.30. The topological polar surface area (TPSA) is 27.7 Å². The predicted molar refractivity (Wildman–Crippen MR) is 70.0 cm³/mol. The Morgan fingerprint density at radius 1 is 1.17 bits per heavy atom. The van der Waals surface area contributed by atoms with Gasteiger partial charge in [-0.2, -0.15) is 0 Å². The first-order chi connectivity index (χ1) is 8.85. The van der Waals surface area contributed by atoms with Crippen LogP contribution in [-0.2, 0) is 14.2 Å². The van der Waals surface area contributed by atoms with E-state index < -0.39 is 0 Å². The molecule has 0 spiro atoms. The molecule has 1 aromatic carbocycles. The standard InChI is InChI=1S/C15H20O3/c1-3-16-14-11-10-13(18-15(14)17-4-2)12-8-6-5-7-9-12/h5-9,11,13,15H,3-4,10H2,1-2H3. The van der Waals surface area contributed by atoms with Crippen LogP contribution in [0.2, 0.25) is 0 Å². The van der Waals surface area contributed by atoms with Crippen molar-refractivity contribution in [3.8, 4) is 0 Å². The number of rotatable bonds is 5. The fourth-order valence-corrected chi connectivity index (χ4v) is 2.04. The van der Waals surface area contributed by atoms with Crippen molar-refractivity contribution < 1.29 is 14.2 Å². The molecule has 1 aromatic rings. The van der Waals surface area contributed by atoms with Gasteiger partial charge >= 0.3 is 0 Å². The minimum atomic E-state index is -0.381. The van der Waals surface area contributed by atoms with Crippen LogP contribution in [0.3, 0.4) is 0 Å². The van der Waals surface area contributed by atoms with Gasteiger partial charge in [0.25, 0.3) is 0 Å². The Kier molecular flexibility index (Phi) is 4.79. The van der Waals surface area contributed by atoms with Crippen LogP contribution in [0.1, 0.15) is 31.9 Å². The maximum Gasteiger partial charge on any atom is 0.216 e. The molecule has 0 saturated heterocycles. The second-order valence-electron chi connectivity index (χ2n) is 4.10. The number of benzene rings is 1. The van der Waals surface area contributed by atoms with Crippen LogP contribution in [-0.4, -0.2) is 19.5 Å². The Morgan fingerprint density at radius 2 is 1.94 bits per heavy atom. The van der Waals surface area contributed by atoms with E-state index in [-0.39, 0.29) is 12.4 Å². The molecule has 3 nitrogen and oxygen atoms in total. The second-order valence-corrected chi connectivity index (χ2v) is 4.10. The average Bonchev–Trinajstić information content (AvgIpc) is 2.42. The summed E-state index contributed by atoms with van der Waals surface area (Å²) in [6, 6.07) is 10.2. The fraction of sp³-hybridized carbons (Fsp3) is 0.467. The minimum absolute atomic E-state index is 0.0481. The highest BCUT2D eigenvalue weighted by atomic mass is 16.7. The lowest BCUT2D eigenvalue weighted by Crippen LogP contribution is -2.27. The van der Waals surface area contributed by atoms with Crippen molar-refractivity contribution in [2.45, 2.75) is 32.7 Å². The summed E-state index contributed by atoms with van der Waals surface area (Å²) in [6.07, 6.45) is 2.56. The zero-order valence-electron chi connectivity index (χ0n) is 11.0. The molecule has 0 radical (unpaired) electrons. The zero-order valence-corrected chi connectivity index (χ0v) is 11.0. The van der Waals surface area contributed by atoms with Crippen molar-refractivity contribution in [1.29, 1.82) is 0 Å². The van der Waals surface area contributed by atoms with Crippen LogP contribution < -0.4 is 0 Å². The van der Waals surface area contributed by atoms with Crippen molar-refractivity contribution in [3.05, 3.63) is 47.7 Å². The first-order valence-corrected chi connectivity index (χ1v) is 6.50. The van der Waals surface area contributed by atoms with Crippen molar-refractivity contribution in [2.75, 3.05) is 13.2 Å². The third-order valence-corrected chi connectivity index (χ3v) is 2.85. The summed E-state index contributed by atoms with van der Waals surface area (Å²) in [6.45, 7) is 5.16. The van der Waals surface area contributed by atoms with Gasteiger partial charge in [-0.25, -0.2) is 0 Å². The van der Waals surface area contributed by atoms with Crippen molar-refractivity contribution in [2.24, 2.45) is 0 Å². The number of hydrogen-bond acceptors (Lipinski definition) is 3. The third-order valence-electron chi connectivity index (χ3n) is 2.85. The predicted octanol–water partition coefficient (Wildman–Crippen LogP) is 3.43. The maximum atomic E-state index is 5.96. The van der Waals surface area contributed by atoms with Crippen LogP contribution in [0.15, 0.2) is 42.2 Å². The van der Waals surface area contributed by atoms with Crippen LogP contribution in [0, 0.1) is 0 Å². The zero-order chi connectivity index (χ0) is 12.8. The summed E-state index contributed by atoms with van der Waals surface area (Å²) >= 11 is 0. The summed E-state index contributed by atoms with van der Waals surface area (Å²) in [5, 5.41) is 0. The van der Waals surface area contributed by atoms with Crippen molar-refractivity contribution >= 4 is 0 Å². The van der Waals surface area contributed by atoms with E-state index in [1.54, 1.807) is 0 Å². The van der Waals surface area contributed by atoms with Crippen molar-refractivity contribution in [3.63, 3.8) is 0 Å². The number of ether oxygens (including phenoxy) is 3. The molecule has 1 aliphatic rings. The van der Waals surface area contributed by atoms with E-state index in [0.29, 0.717) is 13.2 Å². The highest BCUT2D eigenvalue weighted by Gasteiger charge is 2.27. The smallest absolute Gasteiger partial charge is 0.216 e. The molecular formula is C15H20O3. The summed E-state index contributed by atoms with van der Waals surface area (Å²) in [7, 11) is 0. The van der Waals surface area contributed by atoms with Gasteiger partial charge in [-0.15, -0.1) is 0 Å². The fourth-order valence-electron chi connectivity index (χ4n) is 2.04. The summed E-state index contributed by atoms with van der Waals surface area (Å²) < 4.78 is 17.1. The molecule has 0 aromatic heterocycles. The largest absolute Gasteiger partial charge is 0.493 e. The average molecular weight is 248 g/mol. The van der Waals surface area contributed by atoms with Gasteiger partial charge in [0.2, 0.25) is 6.29 Å². The first kappa shape index (κ1) is 13.1. The molecule has 1 aliphatic heterocycles. The van der Waals surface area contributed by atoms with Crippen LogP contribution in [0.5, 0.6) is 0 Å². The monoisotopic (exact) mass is 248 g/mol. The third kappa shape index (κ3) is 3.12. The Balaban J connectivity index is 2.10. The molecule has 18 heavy (non-hydrogen) atoms. The van der Waals surface area contributed by atoms with Crippen LogP contribution in [0.4, 0.5) is 0 Å². The van der Waals surface area contributed by atoms with E-state index in [9.17, 15) is 0 Å². The molecule has 2 unspecified atom stereocenters. The highest BCUT2D eigenvalue weighted by molar-refractivity contribution is 5.20. The quantitative estimate of drug-likeness (QED) is 0.799. The van der Waals surface area contributed by atoms with E-state index in [2.05, 4.69) is 18.2 Å². The molecule has 98 valence electrons. The maximum absolute atomic E-state index is 5.96. The molecule has 1 heterocycles. The first-order valence-electron chi connectivity index (χ1n) is 6.50. The van der Waals surface area contributed by atoms with E-state index in [4.69, 9.17) is 14.2 Å². The molecule has 0 amide bonds. The second kappa shape index (κ2) is 6.57. The highest BCUT2D eigenvalue weighted by Crippen LogP contribution is 2.31. The Morgan fingerprint density at radius 3 is 2.61 bits per heavy atom. The lowest BCUT2D eigenvalue weighted by molar-refractivity contribution is -0.176. The molecule has 0 N–H and O–H groups in total. The van der Waals surface area contributed by atoms with Gasteiger partial charge in [-0.3, -0.25) is 0 Å². The Hall–Kier alpha value is -1.32. The molecule has 2 rings (SSSR count). The van der Waals surface area contributed by atoms with E-state index in [1.807, 2.05) is 32.0 Å². The van der Waals surface area contributed by atoms with Gasteiger partial charge in [-0.1, -0.05) is 30.3 Å². The SMILES string of the molecule is CCOC1=CCC(c2ccccc2)OC1OCC. The normalized spacial score (nSPS) is 23.6. The Bertz CT molecular complexity index is 386. The van der Waals surface area contributed by atoms with Crippen molar-refractivity contribution in [1.82, 2.24) is 0 Å². The van der Waals surface area contributed by atoms with E-state index >= 15 is 0 Å². The van der Waals surface area contributed by atoms with E-state index in [1.165, 1.54) is 5.56 Å². The minimum Gasteiger partial charge on any atom is -0.493 e.